The van der Waals surface area contributed by atoms with Crippen molar-refractivity contribution in [1.82, 2.24) is 9.55 Å². The van der Waals surface area contributed by atoms with E-state index in [1.807, 2.05) is 54.7 Å². The SMILES string of the molecule is [2H]C([2H])([2H])N1[OH+]N(c2[c-]c(Sc3[c-]c4c(cc3)c3ccccc3n4-c3cc(-c4c(-c5ccccc5)cccc4-c4ccccc4)ccn3)ccc2)c2ccccc21.[Pt]. The molecule has 9 aromatic rings. The van der Waals surface area contributed by atoms with Gasteiger partial charge in [0.1, 0.15) is 17.2 Å². The van der Waals surface area contributed by atoms with Gasteiger partial charge in [-0.3, -0.25) is 0 Å². The minimum atomic E-state index is -2.43. The third kappa shape index (κ3) is 6.32. The summed E-state index contributed by atoms with van der Waals surface area (Å²) in [4.78, 5) is 11.2. The molecule has 0 unspecified atom stereocenters. The van der Waals surface area contributed by atoms with E-state index in [-0.39, 0.29) is 21.1 Å². The Morgan fingerprint density at radius 2 is 1.27 bits per heavy atom. The molecule has 10 rings (SSSR count). The van der Waals surface area contributed by atoms with Crippen LogP contribution >= 0.6 is 11.8 Å². The number of fused-ring (bicyclic) bond motifs is 4. The van der Waals surface area contributed by atoms with Gasteiger partial charge in [-0.2, -0.15) is 29.2 Å². The zero-order valence-corrected chi connectivity index (χ0v) is 32.3. The molecular formula is C48H33N4OPtS-. The summed E-state index contributed by atoms with van der Waals surface area (Å²) >= 11 is 1.54. The molecule has 0 radical (unpaired) electrons. The van der Waals surface area contributed by atoms with Crippen LogP contribution in [-0.4, -0.2) is 21.5 Å². The Balaban J connectivity index is 0.00000436. The van der Waals surface area contributed by atoms with E-state index in [0.29, 0.717) is 17.1 Å². The standard InChI is InChI=1S/C48H32N4OS.Pt/c1-50-44-24-10-11-25-45(44)52(53-50)36-18-12-19-37(31-36)54-38-26-27-42-41-20-8-9-23-43(41)51(46(42)32-38)47-30-35(28-29-49-47)48-39(33-14-4-2-5-15-33)21-13-22-40(48)34-16-6-3-7-17-34;/h2-30H,1H3;/q-2;/p+1/i1D3;. The molecule has 5 nitrogen and oxygen atoms in total. The first-order chi connectivity index (χ1) is 27.9. The monoisotopic (exact) mass is 911 g/mol. The maximum Gasteiger partial charge on any atom is 0.145 e. The number of rotatable bonds is 7. The zero-order chi connectivity index (χ0) is 38.5. The van der Waals surface area contributed by atoms with Crippen LogP contribution in [-0.2, 0) is 21.1 Å². The van der Waals surface area contributed by atoms with Crippen LogP contribution in [0.5, 0.6) is 0 Å². The van der Waals surface area contributed by atoms with E-state index in [9.17, 15) is 0 Å². The van der Waals surface area contributed by atoms with Gasteiger partial charge in [-0.05, 0) is 69.1 Å². The minimum Gasteiger partial charge on any atom is -0.319 e. The fourth-order valence-corrected chi connectivity index (χ4v) is 8.19. The van der Waals surface area contributed by atoms with E-state index in [1.165, 1.54) is 11.8 Å². The molecule has 3 heterocycles. The van der Waals surface area contributed by atoms with Gasteiger partial charge in [0.2, 0.25) is 0 Å². The molecular weight excluding hydrogens is 876 g/mol. The molecule has 0 bridgehead atoms. The van der Waals surface area contributed by atoms with E-state index in [0.717, 1.165) is 75.9 Å². The Kier molecular flexibility index (Phi) is 8.42. The van der Waals surface area contributed by atoms with Crippen LogP contribution in [0.3, 0.4) is 0 Å². The summed E-state index contributed by atoms with van der Waals surface area (Å²) in [5, 5.41) is 4.91. The van der Waals surface area contributed by atoms with Gasteiger partial charge in [-0.15, -0.1) is 55.3 Å². The number of aromatic nitrogens is 2. The average Bonchev–Trinajstić information content (AvgIpc) is 3.81. The van der Waals surface area contributed by atoms with Gasteiger partial charge in [0.05, 0.1) is 11.1 Å². The maximum atomic E-state index is 8.05. The minimum absolute atomic E-state index is 0. The fraction of sp³-hybridized carbons (Fsp3) is 0.0208. The molecule has 55 heavy (non-hydrogen) atoms. The molecule has 0 spiro atoms. The van der Waals surface area contributed by atoms with E-state index >= 15 is 0 Å². The smallest absolute Gasteiger partial charge is 0.145 e. The van der Waals surface area contributed by atoms with E-state index in [1.54, 1.807) is 11.1 Å². The Labute approximate surface area is 342 Å². The predicted molar refractivity (Wildman–Crippen MR) is 222 cm³/mol. The van der Waals surface area contributed by atoms with Gasteiger partial charge in [0, 0.05) is 38.5 Å². The third-order valence-electron chi connectivity index (χ3n) is 9.77. The van der Waals surface area contributed by atoms with Gasteiger partial charge >= 0.3 is 0 Å². The topological polar surface area (TPSA) is 37.1 Å². The quantitative estimate of drug-likeness (QED) is 0.118. The number of nitrogens with zero attached hydrogens (tertiary/aromatic N) is 4. The molecule has 1 aliphatic heterocycles. The number of hydrogen-bond acceptors (Lipinski definition) is 4. The number of benzene rings is 7. The van der Waals surface area contributed by atoms with Gasteiger partial charge < -0.3 is 4.57 Å². The predicted octanol–water partition coefficient (Wildman–Crippen LogP) is 12.4. The van der Waals surface area contributed by atoms with Gasteiger partial charge in [-0.1, -0.05) is 115 Å². The second-order valence-corrected chi connectivity index (χ2v) is 14.1. The van der Waals surface area contributed by atoms with Crippen LogP contribution in [0.2, 0.25) is 0 Å². The molecule has 1 aliphatic rings. The van der Waals surface area contributed by atoms with Crippen molar-refractivity contribution in [1.29, 1.82) is 0 Å². The van der Waals surface area contributed by atoms with Gasteiger partial charge in [-0.25, -0.2) is 4.98 Å². The summed E-state index contributed by atoms with van der Waals surface area (Å²) < 4.78 is 26.3. The van der Waals surface area contributed by atoms with Crippen LogP contribution in [0.4, 0.5) is 17.1 Å². The van der Waals surface area contributed by atoms with Crippen LogP contribution < -0.4 is 10.1 Å². The van der Waals surface area contributed by atoms with E-state index in [2.05, 4.69) is 137 Å². The van der Waals surface area contributed by atoms with E-state index in [4.69, 9.17) is 9.10 Å². The van der Waals surface area contributed by atoms with Crippen molar-refractivity contribution >= 4 is 50.6 Å². The Morgan fingerprint density at radius 1 is 0.600 bits per heavy atom. The average molecular weight is 912 g/mol. The summed E-state index contributed by atoms with van der Waals surface area (Å²) in [7, 11) is 0. The first-order valence-electron chi connectivity index (χ1n) is 19.2. The number of pyridine rings is 1. The van der Waals surface area contributed by atoms with Crippen LogP contribution in [0.1, 0.15) is 4.11 Å². The summed E-state index contributed by atoms with van der Waals surface area (Å²) in [6, 6.07) is 64.9. The fourth-order valence-electron chi connectivity index (χ4n) is 7.37. The molecule has 268 valence electrons. The van der Waals surface area contributed by atoms with Crippen molar-refractivity contribution in [2.24, 2.45) is 0 Å². The molecule has 7 heteroatoms. The van der Waals surface area contributed by atoms with Crippen LogP contribution in [0, 0.1) is 12.1 Å². The van der Waals surface area contributed by atoms with E-state index < -0.39 is 6.98 Å². The summed E-state index contributed by atoms with van der Waals surface area (Å²) in [6.45, 7) is -2.43. The van der Waals surface area contributed by atoms with Crippen LogP contribution in [0.15, 0.2) is 186 Å². The number of hydrogen-bond donors (Lipinski definition) is 0. The molecule has 0 fully saturated rings. The van der Waals surface area contributed by atoms with Crippen LogP contribution in [0.25, 0.3) is 61.0 Å². The molecule has 7 aromatic carbocycles. The number of hydroxylamine groups is 1. The zero-order valence-electron chi connectivity index (χ0n) is 32.2. The third-order valence-corrected chi connectivity index (χ3v) is 10.7. The molecule has 0 atom stereocenters. The largest absolute Gasteiger partial charge is 0.319 e. The molecule has 1 N–H and O–H groups in total. The van der Waals surface area contributed by atoms with Crippen molar-refractivity contribution in [2.45, 2.75) is 9.79 Å². The van der Waals surface area contributed by atoms with Crippen molar-refractivity contribution in [3.05, 3.63) is 188 Å². The number of para-hydroxylation sites is 3. The molecule has 0 aliphatic carbocycles. The second kappa shape index (κ2) is 14.7. The van der Waals surface area contributed by atoms with Gasteiger partial charge in [0.15, 0.2) is 0 Å². The first-order valence-corrected chi connectivity index (χ1v) is 18.5. The molecule has 0 saturated carbocycles. The summed E-state index contributed by atoms with van der Waals surface area (Å²) in [5.74, 6) is 0.792. The van der Waals surface area contributed by atoms with Crippen molar-refractivity contribution in [3.63, 3.8) is 0 Å². The van der Waals surface area contributed by atoms with Crippen molar-refractivity contribution in [3.8, 4) is 39.2 Å². The number of anilines is 3. The normalized spacial score (nSPS) is 13.3. The molecule has 2 aromatic heterocycles. The molecule has 0 saturated heterocycles. The summed E-state index contributed by atoms with van der Waals surface area (Å²) in [5.41, 5.74) is 10.6. The Hall–Kier alpha value is -5.91. The van der Waals surface area contributed by atoms with Crippen molar-refractivity contribution < 1.29 is 30.1 Å². The maximum absolute atomic E-state index is 8.05. The summed E-state index contributed by atoms with van der Waals surface area (Å²) in [6.07, 6.45) is 1.90. The first kappa shape index (κ1) is 31.4. The van der Waals surface area contributed by atoms with Gasteiger partial charge in [0.25, 0.3) is 0 Å². The molecule has 0 amide bonds. The second-order valence-electron chi connectivity index (χ2n) is 13.0. The Bertz CT molecular complexity index is 2880. The Morgan fingerprint density at radius 3 is 2.04 bits per heavy atom. The van der Waals surface area contributed by atoms with Crippen molar-refractivity contribution in [2.75, 3.05) is 17.1 Å².